The number of rotatable bonds is 4. The fraction of sp³-hybridized carbons (Fsp3) is 0.389. The van der Waals surface area contributed by atoms with Crippen molar-refractivity contribution in [2.75, 3.05) is 26.2 Å². The molecule has 1 aromatic carbocycles. The van der Waals surface area contributed by atoms with Crippen molar-refractivity contribution in [2.45, 2.75) is 19.9 Å². The molecular weight excluding hydrogens is 322 g/mol. The van der Waals surface area contributed by atoms with Gasteiger partial charge in [-0.05, 0) is 37.1 Å². The monoisotopic (exact) mass is 343 g/mol. The first-order valence-electron chi connectivity index (χ1n) is 8.29. The van der Waals surface area contributed by atoms with Crippen molar-refractivity contribution < 1.29 is 14.1 Å². The summed E-state index contributed by atoms with van der Waals surface area (Å²) in [5.41, 5.74) is 2.10. The molecule has 1 aromatic heterocycles. The van der Waals surface area contributed by atoms with Gasteiger partial charge in [0.1, 0.15) is 0 Å². The van der Waals surface area contributed by atoms with Crippen molar-refractivity contribution in [3.05, 3.63) is 63.6 Å². The predicted octanol–water partition coefficient (Wildman–Crippen LogP) is 3.02. The van der Waals surface area contributed by atoms with E-state index in [0.717, 1.165) is 24.2 Å². The van der Waals surface area contributed by atoms with E-state index in [9.17, 15) is 14.9 Å². The van der Waals surface area contributed by atoms with Gasteiger partial charge in [-0.2, -0.15) is 0 Å². The molecule has 2 heterocycles. The lowest BCUT2D eigenvalue weighted by atomic mass is 10.00. The van der Waals surface area contributed by atoms with Crippen LogP contribution in [0.4, 0.5) is 5.69 Å². The van der Waals surface area contributed by atoms with Gasteiger partial charge in [0.15, 0.2) is 5.76 Å². The number of carbonyl (C=O) groups is 1. The highest BCUT2D eigenvalue weighted by atomic mass is 16.6. The number of carbonyl (C=O) groups excluding carboxylic acids is 1. The summed E-state index contributed by atoms with van der Waals surface area (Å²) in [5, 5.41) is 11.0. The minimum Gasteiger partial charge on any atom is -0.459 e. The van der Waals surface area contributed by atoms with Crippen LogP contribution in [0.15, 0.2) is 41.0 Å². The van der Waals surface area contributed by atoms with E-state index in [1.807, 2.05) is 6.92 Å². The lowest BCUT2D eigenvalue weighted by molar-refractivity contribution is -0.385. The Kier molecular flexibility index (Phi) is 4.85. The number of aryl methyl sites for hydroxylation is 1. The number of nitro benzene ring substituents is 1. The number of nitrogens with zero attached hydrogens (tertiary/aromatic N) is 3. The van der Waals surface area contributed by atoms with E-state index in [-0.39, 0.29) is 22.6 Å². The van der Waals surface area contributed by atoms with Gasteiger partial charge in [0.05, 0.1) is 11.2 Å². The molecule has 1 fully saturated rings. The quantitative estimate of drug-likeness (QED) is 0.630. The van der Waals surface area contributed by atoms with Crippen LogP contribution in [0, 0.1) is 17.0 Å². The SMILES string of the molecule is Cc1ccc([N+](=O)[O-])cc1C(C)N1CCN(C(=O)c2ccco2)CC1. The third-order valence-corrected chi connectivity index (χ3v) is 4.80. The molecule has 0 spiro atoms. The Bertz CT molecular complexity index is 765. The molecule has 0 radical (unpaired) electrons. The largest absolute Gasteiger partial charge is 0.459 e. The van der Waals surface area contributed by atoms with Crippen LogP contribution in [0.2, 0.25) is 0 Å². The average molecular weight is 343 g/mol. The van der Waals surface area contributed by atoms with Gasteiger partial charge >= 0.3 is 0 Å². The molecule has 0 aliphatic carbocycles. The summed E-state index contributed by atoms with van der Waals surface area (Å²) in [4.78, 5) is 27.0. The van der Waals surface area contributed by atoms with Gasteiger partial charge < -0.3 is 9.32 Å². The first-order valence-corrected chi connectivity index (χ1v) is 8.29. The van der Waals surface area contributed by atoms with Crippen molar-refractivity contribution in [1.82, 2.24) is 9.80 Å². The van der Waals surface area contributed by atoms with E-state index in [4.69, 9.17) is 4.42 Å². The van der Waals surface area contributed by atoms with E-state index in [0.29, 0.717) is 18.8 Å². The van der Waals surface area contributed by atoms with Gasteiger partial charge in [-0.1, -0.05) is 6.07 Å². The van der Waals surface area contributed by atoms with Gasteiger partial charge in [0.25, 0.3) is 11.6 Å². The second-order valence-electron chi connectivity index (χ2n) is 6.28. The molecule has 3 rings (SSSR count). The Morgan fingerprint density at radius 2 is 1.96 bits per heavy atom. The average Bonchev–Trinajstić information content (AvgIpc) is 3.15. The van der Waals surface area contributed by atoms with Crippen LogP contribution >= 0.6 is 0 Å². The molecule has 1 saturated heterocycles. The number of benzene rings is 1. The minimum absolute atomic E-state index is 0.0563. The maximum Gasteiger partial charge on any atom is 0.289 e. The van der Waals surface area contributed by atoms with E-state index >= 15 is 0 Å². The molecule has 0 N–H and O–H groups in total. The van der Waals surface area contributed by atoms with Gasteiger partial charge in [-0.25, -0.2) is 0 Å². The molecule has 1 amide bonds. The highest BCUT2D eigenvalue weighted by molar-refractivity contribution is 5.91. The number of amides is 1. The lowest BCUT2D eigenvalue weighted by Crippen LogP contribution is -2.49. The van der Waals surface area contributed by atoms with Crippen molar-refractivity contribution in [1.29, 1.82) is 0 Å². The van der Waals surface area contributed by atoms with Crippen LogP contribution in [-0.4, -0.2) is 46.8 Å². The van der Waals surface area contributed by atoms with Crippen molar-refractivity contribution in [3.63, 3.8) is 0 Å². The van der Waals surface area contributed by atoms with Crippen LogP contribution in [0.5, 0.6) is 0 Å². The Hall–Kier alpha value is -2.67. The number of hydrogen-bond donors (Lipinski definition) is 0. The Balaban J connectivity index is 1.67. The lowest BCUT2D eigenvalue weighted by Gasteiger charge is -2.38. The molecule has 1 unspecified atom stereocenters. The maximum atomic E-state index is 12.3. The first-order chi connectivity index (χ1) is 12.0. The molecule has 0 saturated carbocycles. The number of piperazine rings is 1. The zero-order chi connectivity index (χ0) is 18.0. The summed E-state index contributed by atoms with van der Waals surface area (Å²) < 4.78 is 5.17. The molecule has 0 bridgehead atoms. The standard InChI is InChI=1S/C18H21N3O4/c1-13-5-6-15(21(23)24)12-16(13)14(2)19-7-9-20(10-8-19)18(22)17-4-3-11-25-17/h3-6,11-12,14H,7-10H2,1-2H3. The normalized spacial score (nSPS) is 16.6. The predicted molar refractivity (Wildman–Crippen MR) is 92.4 cm³/mol. The highest BCUT2D eigenvalue weighted by Gasteiger charge is 2.27. The highest BCUT2D eigenvalue weighted by Crippen LogP contribution is 2.28. The van der Waals surface area contributed by atoms with Crippen LogP contribution < -0.4 is 0 Å². The zero-order valence-corrected chi connectivity index (χ0v) is 14.3. The molecule has 7 nitrogen and oxygen atoms in total. The summed E-state index contributed by atoms with van der Waals surface area (Å²) in [5.74, 6) is 0.264. The van der Waals surface area contributed by atoms with Crippen LogP contribution in [0.3, 0.4) is 0 Å². The third kappa shape index (κ3) is 3.56. The van der Waals surface area contributed by atoms with Gasteiger partial charge in [-0.3, -0.25) is 19.8 Å². The zero-order valence-electron chi connectivity index (χ0n) is 14.3. The van der Waals surface area contributed by atoms with Gasteiger partial charge in [0, 0.05) is 44.4 Å². The molecule has 1 aliphatic rings. The van der Waals surface area contributed by atoms with Gasteiger partial charge in [-0.15, -0.1) is 0 Å². The van der Waals surface area contributed by atoms with Crippen molar-refractivity contribution in [3.8, 4) is 0 Å². The molecule has 7 heteroatoms. The van der Waals surface area contributed by atoms with Crippen LogP contribution in [0.1, 0.15) is 34.6 Å². The Morgan fingerprint density at radius 3 is 2.56 bits per heavy atom. The topological polar surface area (TPSA) is 79.8 Å². The summed E-state index contributed by atoms with van der Waals surface area (Å²) in [6.07, 6.45) is 1.50. The second-order valence-corrected chi connectivity index (χ2v) is 6.28. The van der Waals surface area contributed by atoms with Crippen LogP contribution in [0.25, 0.3) is 0 Å². The molecule has 1 atom stereocenters. The third-order valence-electron chi connectivity index (χ3n) is 4.80. The smallest absolute Gasteiger partial charge is 0.289 e. The maximum absolute atomic E-state index is 12.3. The van der Waals surface area contributed by atoms with E-state index in [1.54, 1.807) is 29.2 Å². The molecule has 2 aromatic rings. The van der Waals surface area contributed by atoms with Crippen LogP contribution in [-0.2, 0) is 0 Å². The Labute approximate surface area is 146 Å². The summed E-state index contributed by atoms with van der Waals surface area (Å²) in [7, 11) is 0. The first kappa shape index (κ1) is 17.2. The number of hydrogen-bond acceptors (Lipinski definition) is 5. The number of non-ortho nitro benzene ring substituents is 1. The molecule has 25 heavy (non-hydrogen) atoms. The van der Waals surface area contributed by atoms with Crippen molar-refractivity contribution >= 4 is 11.6 Å². The Morgan fingerprint density at radius 1 is 1.24 bits per heavy atom. The number of furan rings is 1. The fourth-order valence-corrected chi connectivity index (χ4v) is 3.26. The number of nitro groups is 1. The molecule has 1 aliphatic heterocycles. The summed E-state index contributed by atoms with van der Waals surface area (Å²) in [6, 6.07) is 8.41. The summed E-state index contributed by atoms with van der Waals surface area (Å²) >= 11 is 0. The van der Waals surface area contributed by atoms with E-state index in [1.165, 1.54) is 12.3 Å². The van der Waals surface area contributed by atoms with Gasteiger partial charge in [0.2, 0.25) is 0 Å². The minimum atomic E-state index is -0.365. The molecular formula is C18H21N3O4. The van der Waals surface area contributed by atoms with E-state index in [2.05, 4.69) is 11.8 Å². The molecule has 132 valence electrons. The second kappa shape index (κ2) is 7.06. The fourth-order valence-electron chi connectivity index (χ4n) is 3.26. The van der Waals surface area contributed by atoms with E-state index < -0.39 is 0 Å². The summed E-state index contributed by atoms with van der Waals surface area (Å²) in [6.45, 7) is 6.67. The van der Waals surface area contributed by atoms with Crippen molar-refractivity contribution in [2.24, 2.45) is 0 Å².